The van der Waals surface area contributed by atoms with Crippen LogP contribution in [0.15, 0.2) is 134 Å². The van der Waals surface area contributed by atoms with E-state index in [1.807, 2.05) is 18.3 Å². The molecule has 4 nitrogen and oxygen atoms in total. The molecule has 0 unspecified atom stereocenters. The van der Waals surface area contributed by atoms with E-state index in [9.17, 15) is 0 Å². The lowest BCUT2D eigenvalue weighted by atomic mass is 9.99. The van der Waals surface area contributed by atoms with E-state index >= 15 is 0 Å². The van der Waals surface area contributed by atoms with Crippen molar-refractivity contribution in [3.8, 4) is 11.6 Å². The molecule has 3 aromatic heterocycles. The molecule has 0 saturated carbocycles. The van der Waals surface area contributed by atoms with E-state index in [4.69, 9.17) is 9.97 Å². The normalized spacial score (nSPS) is 12.0. The van der Waals surface area contributed by atoms with Gasteiger partial charge in [-0.25, -0.2) is 9.97 Å². The van der Waals surface area contributed by atoms with Gasteiger partial charge in [0.1, 0.15) is 0 Å². The lowest BCUT2D eigenvalue weighted by molar-refractivity contribution is 1.01. The van der Waals surface area contributed by atoms with Crippen LogP contribution in [0.5, 0.6) is 0 Å². The summed E-state index contributed by atoms with van der Waals surface area (Å²) in [4.78, 5) is 9.96. The first-order valence-electron chi connectivity index (χ1n) is 13.5. The number of aromatic nitrogens is 4. The van der Waals surface area contributed by atoms with Gasteiger partial charge in [-0.3, -0.25) is 4.57 Å². The number of para-hydroxylation sites is 4. The molecule has 0 N–H and O–H groups in total. The number of hydrogen-bond donors (Lipinski definition) is 0. The molecule has 9 rings (SSSR count). The second kappa shape index (κ2) is 8.01. The van der Waals surface area contributed by atoms with Gasteiger partial charge in [-0.1, -0.05) is 97.1 Å². The molecule has 0 atom stereocenters. The maximum Gasteiger partial charge on any atom is 0.235 e. The largest absolute Gasteiger partial charge is 0.309 e. The van der Waals surface area contributed by atoms with Crippen LogP contribution in [0.2, 0.25) is 0 Å². The Morgan fingerprint density at radius 2 is 0.975 bits per heavy atom. The Kier molecular flexibility index (Phi) is 4.30. The lowest BCUT2D eigenvalue weighted by Crippen LogP contribution is -2.01. The van der Waals surface area contributed by atoms with Crippen LogP contribution < -0.4 is 0 Å². The van der Waals surface area contributed by atoms with Crippen LogP contribution in [-0.4, -0.2) is 19.1 Å². The number of hydrogen-bond acceptors (Lipinski definition) is 2. The van der Waals surface area contributed by atoms with Crippen molar-refractivity contribution in [2.24, 2.45) is 0 Å². The Labute approximate surface area is 229 Å². The van der Waals surface area contributed by atoms with Crippen molar-refractivity contribution in [3.63, 3.8) is 0 Å². The fourth-order valence-corrected chi connectivity index (χ4v) is 6.52. The Morgan fingerprint density at radius 3 is 1.68 bits per heavy atom. The van der Waals surface area contributed by atoms with Crippen molar-refractivity contribution in [3.05, 3.63) is 134 Å². The molecule has 3 heterocycles. The van der Waals surface area contributed by atoms with Gasteiger partial charge in [0, 0.05) is 49.6 Å². The van der Waals surface area contributed by atoms with E-state index in [1.54, 1.807) is 0 Å². The van der Waals surface area contributed by atoms with E-state index in [2.05, 4.69) is 124 Å². The highest BCUT2D eigenvalue weighted by Crippen LogP contribution is 2.46. The van der Waals surface area contributed by atoms with Gasteiger partial charge in [-0.2, -0.15) is 0 Å². The van der Waals surface area contributed by atoms with Crippen molar-refractivity contribution in [1.29, 1.82) is 0 Å². The van der Waals surface area contributed by atoms with Gasteiger partial charge in [0.25, 0.3) is 0 Å². The molecule has 0 aliphatic heterocycles. The summed E-state index contributed by atoms with van der Waals surface area (Å²) in [6, 6.07) is 45.0. The minimum atomic E-state index is 0.682. The maximum atomic E-state index is 5.07. The SMILES string of the molecule is c1ccc(-n2c3ccccc3c3c4c5ccccc5n(-c5ncc6ccccc6n5)c4c4ccccc4c32)cc1. The Bertz CT molecular complexity index is 2430. The third-order valence-electron chi connectivity index (χ3n) is 8.13. The summed E-state index contributed by atoms with van der Waals surface area (Å²) in [5.74, 6) is 0.682. The number of rotatable bonds is 2. The Balaban J connectivity index is 1.59. The second-order valence-corrected chi connectivity index (χ2v) is 10.3. The van der Waals surface area contributed by atoms with E-state index in [0.717, 1.165) is 27.6 Å². The first-order chi connectivity index (χ1) is 19.9. The molecule has 186 valence electrons. The van der Waals surface area contributed by atoms with Gasteiger partial charge < -0.3 is 4.57 Å². The highest BCUT2D eigenvalue weighted by molar-refractivity contribution is 6.37. The van der Waals surface area contributed by atoms with Crippen molar-refractivity contribution in [2.75, 3.05) is 0 Å². The molecule has 4 heteroatoms. The molecule has 0 radical (unpaired) electrons. The zero-order valence-corrected chi connectivity index (χ0v) is 21.5. The number of fused-ring (bicyclic) bond motifs is 11. The van der Waals surface area contributed by atoms with Crippen molar-refractivity contribution >= 4 is 65.3 Å². The quantitative estimate of drug-likeness (QED) is 0.233. The van der Waals surface area contributed by atoms with Gasteiger partial charge in [-0.05, 0) is 30.3 Å². The molecule has 0 saturated heterocycles. The van der Waals surface area contributed by atoms with Crippen molar-refractivity contribution in [2.45, 2.75) is 0 Å². The van der Waals surface area contributed by atoms with E-state index in [1.165, 1.54) is 43.4 Å². The molecule has 6 aromatic carbocycles. The zero-order valence-electron chi connectivity index (χ0n) is 21.5. The van der Waals surface area contributed by atoms with Crippen LogP contribution in [0.4, 0.5) is 0 Å². The van der Waals surface area contributed by atoms with Crippen LogP contribution in [0, 0.1) is 0 Å². The standard InChI is InChI=1S/C36H22N4/c1-2-13-24(14-3-1)39-30-20-10-7-17-27(30)32-33-28-18-8-11-21-31(28)40(35(33)26-16-6-5-15-25(26)34(32)39)36-37-22-23-12-4-9-19-29(23)38-36/h1-22H. The number of benzene rings is 6. The van der Waals surface area contributed by atoms with Crippen LogP contribution in [0.1, 0.15) is 0 Å². The predicted octanol–water partition coefficient (Wildman–Crippen LogP) is 8.98. The summed E-state index contributed by atoms with van der Waals surface area (Å²) in [6.45, 7) is 0. The third kappa shape index (κ3) is 2.79. The van der Waals surface area contributed by atoms with Crippen molar-refractivity contribution < 1.29 is 0 Å². The van der Waals surface area contributed by atoms with Gasteiger partial charge in [0.2, 0.25) is 5.95 Å². The van der Waals surface area contributed by atoms with Crippen LogP contribution in [0.25, 0.3) is 76.9 Å². The topological polar surface area (TPSA) is 35.6 Å². The Morgan fingerprint density at radius 1 is 0.450 bits per heavy atom. The number of nitrogens with zero attached hydrogens (tertiary/aromatic N) is 4. The fraction of sp³-hybridized carbons (Fsp3) is 0. The van der Waals surface area contributed by atoms with Crippen LogP contribution in [0.3, 0.4) is 0 Å². The van der Waals surface area contributed by atoms with Gasteiger partial charge in [0.05, 0.1) is 27.6 Å². The molecule has 40 heavy (non-hydrogen) atoms. The second-order valence-electron chi connectivity index (χ2n) is 10.3. The summed E-state index contributed by atoms with van der Waals surface area (Å²) in [6.07, 6.45) is 1.93. The van der Waals surface area contributed by atoms with Gasteiger partial charge in [0.15, 0.2) is 0 Å². The smallest absolute Gasteiger partial charge is 0.235 e. The minimum absolute atomic E-state index is 0.682. The van der Waals surface area contributed by atoms with Gasteiger partial charge >= 0.3 is 0 Å². The summed E-state index contributed by atoms with van der Waals surface area (Å²) in [5.41, 5.74) is 6.74. The van der Waals surface area contributed by atoms with Crippen LogP contribution >= 0.6 is 0 Å². The fourth-order valence-electron chi connectivity index (χ4n) is 6.52. The first-order valence-corrected chi connectivity index (χ1v) is 13.5. The summed E-state index contributed by atoms with van der Waals surface area (Å²) < 4.78 is 4.68. The molecule has 9 aromatic rings. The van der Waals surface area contributed by atoms with Crippen molar-refractivity contribution in [1.82, 2.24) is 19.1 Å². The maximum absolute atomic E-state index is 5.07. The average Bonchev–Trinajstić information content (AvgIpc) is 3.55. The van der Waals surface area contributed by atoms with E-state index < -0.39 is 0 Å². The minimum Gasteiger partial charge on any atom is -0.309 e. The molecule has 0 bridgehead atoms. The Hall–Kier alpha value is -5.48. The van der Waals surface area contributed by atoms with Crippen LogP contribution in [-0.2, 0) is 0 Å². The first kappa shape index (κ1) is 21.5. The lowest BCUT2D eigenvalue weighted by Gasteiger charge is -2.12. The monoisotopic (exact) mass is 510 g/mol. The summed E-state index contributed by atoms with van der Waals surface area (Å²) >= 11 is 0. The summed E-state index contributed by atoms with van der Waals surface area (Å²) in [7, 11) is 0. The molecule has 0 aliphatic carbocycles. The van der Waals surface area contributed by atoms with Gasteiger partial charge in [-0.15, -0.1) is 0 Å². The molecular weight excluding hydrogens is 488 g/mol. The molecule has 0 amide bonds. The molecular formula is C36H22N4. The predicted molar refractivity (Wildman–Crippen MR) is 166 cm³/mol. The molecule has 0 spiro atoms. The molecule has 0 aliphatic rings. The van der Waals surface area contributed by atoms with E-state index in [-0.39, 0.29) is 0 Å². The highest BCUT2D eigenvalue weighted by Gasteiger charge is 2.24. The summed E-state index contributed by atoms with van der Waals surface area (Å²) in [5, 5.41) is 8.33. The zero-order chi connectivity index (χ0) is 26.2. The molecule has 0 fully saturated rings. The highest BCUT2D eigenvalue weighted by atomic mass is 15.2. The third-order valence-corrected chi connectivity index (χ3v) is 8.13. The average molecular weight is 511 g/mol. The van der Waals surface area contributed by atoms with E-state index in [0.29, 0.717) is 5.95 Å².